The number of rotatable bonds is 4. The van der Waals surface area contributed by atoms with Gasteiger partial charge in [-0.1, -0.05) is 35.5 Å². The Kier molecular flexibility index (Phi) is 5.07. The SMILES string of the molecule is Cc1ccc(C(=O)c2ccccc2-c2nc(C3CNCCN3C)no2)cc1C. The van der Waals surface area contributed by atoms with E-state index in [0.29, 0.717) is 28.4 Å². The van der Waals surface area contributed by atoms with Crippen LogP contribution in [-0.4, -0.2) is 47.5 Å². The van der Waals surface area contributed by atoms with E-state index in [4.69, 9.17) is 4.52 Å². The third kappa shape index (κ3) is 3.48. The number of hydrogen-bond donors (Lipinski definition) is 1. The van der Waals surface area contributed by atoms with Gasteiger partial charge in [0.1, 0.15) is 0 Å². The molecule has 0 amide bonds. The lowest BCUT2D eigenvalue weighted by atomic mass is 9.96. The Labute approximate surface area is 164 Å². The minimum atomic E-state index is -0.0464. The van der Waals surface area contributed by atoms with Crippen LogP contribution in [0.2, 0.25) is 0 Å². The number of piperazine rings is 1. The van der Waals surface area contributed by atoms with E-state index in [1.54, 1.807) is 0 Å². The van der Waals surface area contributed by atoms with Gasteiger partial charge in [0.25, 0.3) is 5.89 Å². The van der Waals surface area contributed by atoms with Crippen molar-refractivity contribution in [3.63, 3.8) is 0 Å². The van der Waals surface area contributed by atoms with Crippen LogP contribution in [0.4, 0.5) is 0 Å². The third-order valence-corrected chi connectivity index (χ3v) is 5.42. The van der Waals surface area contributed by atoms with Crippen molar-refractivity contribution in [3.8, 4) is 11.5 Å². The second kappa shape index (κ2) is 7.66. The number of hydrogen-bond acceptors (Lipinski definition) is 6. The van der Waals surface area contributed by atoms with Crippen LogP contribution in [0.5, 0.6) is 0 Å². The number of nitrogens with zero attached hydrogens (tertiary/aromatic N) is 3. The molecule has 1 unspecified atom stereocenters. The minimum absolute atomic E-state index is 0.0464. The molecular weight excluding hydrogens is 352 g/mol. The highest BCUT2D eigenvalue weighted by Crippen LogP contribution is 2.27. The summed E-state index contributed by atoms with van der Waals surface area (Å²) in [5.74, 6) is 0.967. The maximum atomic E-state index is 13.2. The predicted molar refractivity (Wildman–Crippen MR) is 107 cm³/mol. The Morgan fingerprint density at radius 3 is 2.79 bits per heavy atom. The Morgan fingerprint density at radius 2 is 2.00 bits per heavy atom. The molecular formula is C22H24N4O2. The molecule has 2 heterocycles. The van der Waals surface area contributed by atoms with Crippen molar-refractivity contribution in [2.24, 2.45) is 0 Å². The van der Waals surface area contributed by atoms with Gasteiger partial charge in [-0.2, -0.15) is 4.98 Å². The van der Waals surface area contributed by atoms with Crippen LogP contribution in [0.1, 0.15) is 38.9 Å². The fourth-order valence-electron chi connectivity index (χ4n) is 3.48. The van der Waals surface area contributed by atoms with Gasteiger partial charge in [0, 0.05) is 30.8 Å². The minimum Gasteiger partial charge on any atom is -0.334 e. The summed E-state index contributed by atoms with van der Waals surface area (Å²) in [7, 11) is 2.05. The van der Waals surface area contributed by atoms with Crippen molar-refractivity contribution in [3.05, 3.63) is 70.5 Å². The number of benzene rings is 2. The normalized spacial score (nSPS) is 17.6. The van der Waals surface area contributed by atoms with E-state index in [1.165, 1.54) is 0 Å². The van der Waals surface area contributed by atoms with Crippen molar-refractivity contribution in [2.75, 3.05) is 26.7 Å². The molecule has 144 valence electrons. The maximum absolute atomic E-state index is 13.2. The molecule has 0 aliphatic carbocycles. The molecule has 1 aliphatic heterocycles. The topological polar surface area (TPSA) is 71.3 Å². The smallest absolute Gasteiger partial charge is 0.258 e. The van der Waals surface area contributed by atoms with Gasteiger partial charge in [0.05, 0.1) is 11.6 Å². The van der Waals surface area contributed by atoms with Gasteiger partial charge in [-0.05, 0) is 44.2 Å². The van der Waals surface area contributed by atoms with E-state index in [-0.39, 0.29) is 11.8 Å². The Bertz CT molecular complexity index is 1010. The van der Waals surface area contributed by atoms with Crippen LogP contribution < -0.4 is 5.32 Å². The predicted octanol–water partition coefficient (Wildman–Crippen LogP) is 3.16. The van der Waals surface area contributed by atoms with Gasteiger partial charge in [-0.15, -0.1) is 0 Å². The van der Waals surface area contributed by atoms with E-state index in [0.717, 1.165) is 30.8 Å². The second-order valence-corrected chi connectivity index (χ2v) is 7.33. The first-order chi connectivity index (χ1) is 13.5. The average molecular weight is 376 g/mol. The standard InChI is InChI=1S/C22H24N4O2/c1-14-8-9-16(12-15(14)2)20(27)17-6-4-5-7-18(17)22-24-21(25-28-22)19-13-23-10-11-26(19)3/h4-9,12,19,23H,10-11,13H2,1-3H3. The molecule has 3 aromatic rings. The fourth-order valence-corrected chi connectivity index (χ4v) is 3.48. The number of carbonyl (C=O) groups is 1. The van der Waals surface area contributed by atoms with Gasteiger partial charge >= 0.3 is 0 Å². The summed E-state index contributed by atoms with van der Waals surface area (Å²) in [5.41, 5.74) is 4.14. The van der Waals surface area contributed by atoms with Crippen molar-refractivity contribution >= 4 is 5.78 Å². The van der Waals surface area contributed by atoms with Crippen LogP contribution in [0.25, 0.3) is 11.5 Å². The quantitative estimate of drug-likeness (QED) is 0.706. The van der Waals surface area contributed by atoms with Gasteiger partial charge in [0.15, 0.2) is 11.6 Å². The maximum Gasteiger partial charge on any atom is 0.258 e. The first-order valence-electron chi connectivity index (χ1n) is 9.50. The van der Waals surface area contributed by atoms with Crippen LogP contribution >= 0.6 is 0 Å². The molecule has 4 rings (SSSR count). The molecule has 0 saturated carbocycles. The summed E-state index contributed by atoms with van der Waals surface area (Å²) in [6, 6.07) is 13.2. The van der Waals surface area contributed by atoms with Gasteiger partial charge in [0.2, 0.25) is 0 Å². The number of carbonyl (C=O) groups excluding carboxylic acids is 1. The second-order valence-electron chi connectivity index (χ2n) is 7.33. The molecule has 0 bridgehead atoms. The summed E-state index contributed by atoms with van der Waals surface area (Å²) in [6.45, 7) is 6.70. The summed E-state index contributed by atoms with van der Waals surface area (Å²) < 4.78 is 5.55. The summed E-state index contributed by atoms with van der Waals surface area (Å²) in [6.07, 6.45) is 0. The Hall–Kier alpha value is -2.83. The highest BCUT2D eigenvalue weighted by atomic mass is 16.5. The molecule has 28 heavy (non-hydrogen) atoms. The lowest BCUT2D eigenvalue weighted by Gasteiger charge is -2.30. The van der Waals surface area contributed by atoms with E-state index in [1.807, 2.05) is 56.3 Å². The lowest BCUT2D eigenvalue weighted by molar-refractivity contribution is 0.103. The van der Waals surface area contributed by atoms with E-state index in [2.05, 4.69) is 27.4 Å². The molecule has 2 aromatic carbocycles. The molecule has 1 aliphatic rings. The molecule has 6 nitrogen and oxygen atoms in total. The van der Waals surface area contributed by atoms with Crippen molar-refractivity contribution in [1.29, 1.82) is 0 Å². The zero-order valence-electron chi connectivity index (χ0n) is 16.4. The first kappa shape index (κ1) is 18.5. The summed E-state index contributed by atoms with van der Waals surface area (Å²) in [5, 5.41) is 7.54. The Balaban J connectivity index is 1.68. The van der Waals surface area contributed by atoms with Crippen LogP contribution in [-0.2, 0) is 0 Å². The van der Waals surface area contributed by atoms with E-state index in [9.17, 15) is 4.79 Å². The molecule has 6 heteroatoms. The zero-order valence-corrected chi connectivity index (χ0v) is 16.4. The fraction of sp³-hybridized carbons (Fsp3) is 0.318. The van der Waals surface area contributed by atoms with E-state index >= 15 is 0 Å². The largest absolute Gasteiger partial charge is 0.334 e. The van der Waals surface area contributed by atoms with Crippen LogP contribution in [0.15, 0.2) is 47.0 Å². The number of nitrogens with one attached hydrogen (secondary N) is 1. The third-order valence-electron chi connectivity index (χ3n) is 5.42. The molecule has 1 atom stereocenters. The van der Waals surface area contributed by atoms with Crippen molar-refractivity contribution in [2.45, 2.75) is 19.9 Å². The highest BCUT2D eigenvalue weighted by Gasteiger charge is 2.26. The number of aryl methyl sites for hydroxylation is 2. The zero-order chi connectivity index (χ0) is 19.7. The molecule has 0 radical (unpaired) electrons. The molecule has 0 spiro atoms. The molecule has 1 saturated heterocycles. The molecule has 1 fully saturated rings. The highest BCUT2D eigenvalue weighted by molar-refractivity contribution is 6.12. The van der Waals surface area contributed by atoms with Gasteiger partial charge in [-0.25, -0.2) is 0 Å². The van der Waals surface area contributed by atoms with Gasteiger partial charge in [-0.3, -0.25) is 9.69 Å². The van der Waals surface area contributed by atoms with Crippen LogP contribution in [0, 0.1) is 13.8 Å². The molecule has 1 N–H and O–H groups in total. The lowest BCUT2D eigenvalue weighted by Crippen LogP contribution is -2.44. The first-order valence-corrected chi connectivity index (χ1v) is 9.50. The number of aromatic nitrogens is 2. The summed E-state index contributed by atoms with van der Waals surface area (Å²) >= 11 is 0. The average Bonchev–Trinajstić information content (AvgIpc) is 3.20. The van der Waals surface area contributed by atoms with Crippen molar-refractivity contribution in [1.82, 2.24) is 20.4 Å². The number of likely N-dealkylation sites (N-methyl/N-ethyl adjacent to an activating group) is 1. The monoisotopic (exact) mass is 376 g/mol. The van der Waals surface area contributed by atoms with Gasteiger partial charge < -0.3 is 9.84 Å². The van der Waals surface area contributed by atoms with Crippen LogP contribution in [0.3, 0.4) is 0 Å². The number of ketones is 1. The van der Waals surface area contributed by atoms with Crippen molar-refractivity contribution < 1.29 is 9.32 Å². The Morgan fingerprint density at radius 1 is 1.18 bits per heavy atom. The molecule has 1 aromatic heterocycles. The summed E-state index contributed by atoms with van der Waals surface area (Å²) in [4.78, 5) is 20.0. The van der Waals surface area contributed by atoms with E-state index < -0.39 is 0 Å².